The Balaban J connectivity index is 2.10. The van der Waals surface area contributed by atoms with Crippen molar-refractivity contribution in [1.82, 2.24) is 10.3 Å². The topological polar surface area (TPSA) is 74.8 Å². The number of nitrogens with two attached hydrogens (primary N) is 1. The van der Waals surface area contributed by atoms with Gasteiger partial charge in [0, 0.05) is 30.1 Å². The molecule has 108 valence electrons. The molecule has 0 saturated heterocycles. The lowest BCUT2D eigenvalue weighted by Gasteiger charge is -2.44. The minimum absolute atomic E-state index is 0.250. The molecule has 1 aliphatic rings. The van der Waals surface area contributed by atoms with E-state index < -0.39 is 0 Å². The van der Waals surface area contributed by atoms with Crippen molar-refractivity contribution in [3.63, 3.8) is 0 Å². The van der Waals surface area contributed by atoms with Crippen LogP contribution in [0.25, 0.3) is 5.57 Å². The predicted molar refractivity (Wildman–Crippen MR) is 83.6 cm³/mol. The Bertz CT molecular complexity index is 527. The van der Waals surface area contributed by atoms with Gasteiger partial charge in [0.1, 0.15) is 0 Å². The van der Waals surface area contributed by atoms with Crippen LogP contribution in [0.2, 0.25) is 0 Å². The molecule has 0 spiro atoms. The van der Waals surface area contributed by atoms with Crippen LogP contribution in [0.5, 0.6) is 0 Å². The van der Waals surface area contributed by atoms with Crippen molar-refractivity contribution < 1.29 is 0 Å². The quantitative estimate of drug-likeness (QED) is 0.721. The monoisotopic (exact) mass is 272 g/mol. The Hall–Kier alpha value is -1.68. The first kappa shape index (κ1) is 14.7. The minimum Gasteiger partial charge on any atom is -0.404 e. The third kappa shape index (κ3) is 3.07. The average Bonchev–Trinajstić information content (AvgIpc) is 2.39. The SMILES string of the molecule is Cc1ccc(CNC2(C)CC(C)C2)nc1/C(C=N)=C/N. The van der Waals surface area contributed by atoms with E-state index in [0.717, 1.165) is 29.4 Å². The van der Waals surface area contributed by atoms with Crippen molar-refractivity contribution >= 4 is 11.8 Å². The number of allylic oxidation sites excluding steroid dienone is 1. The van der Waals surface area contributed by atoms with Crippen molar-refractivity contribution in [3.05, 3.63) is 35.3 Å². The Morgan fingerprint density at radius 2 is 2.25 bits per heavy atom. The highest BCUT2D eigenvalue weighted by molar-refractivity contribution is 6.07. The van der Waals surface area contributed by atoms with E-state index in [0.29, 0.717) is 5.57 Å². The highest BCUT2D eigenvalue weighted by Crippen LogP contribution is 2.37. The molecular weight excluding hydrogens is 248 g/mol. The van der Waals surface area contributed by atoms with E-state index in [9.17, 15) is 0 Å². The summed E-state index contributed by atoms with van der Waals surface area (Å²) in [6.45, 7) is 7.30. The molecule has 1 saturated carbocycles. The zero-order valence-electron chi connectivity index (χ0n) is 12.5. The van der Waals surface area contributed by atoms with E-state index in [1.165, 1.54) is 25.3 Å². The fourth-order valence-corrected chi connectivity index (χ4v) is 3.08. The van der Waals surface area contributed by atoms with Crippen LogP contribution in [0.15, 0.2) is 18.3 Å². The van der Waals surface area contributed by atoms with E-state index >= 15 is 0 Å². The molecular formula is C16H24N4. The van der Waals surface area contributed by atoms with E-state index in [1.807, 2.05) is 19.1 Å². The number of nitrogens with zero attached hydrogens (tertiary/aromatic N) is 1. The summed E-state index contributed by atoms with van der Waals surface area (Å²) in [5, 5.41) is 11.0. The van der Waals surface area contributed by atoms with Crippen LogP contribution in [-0.4, -0.2) is 16.7 Å². The van der Waals surface area contributed by atoms with Crippen LogP contribution in [0.1, 0.15) is 43.6 Å². The summed E-state index contributed by atoms with van der Waals surface area (Å²) in [6.07, 6.45) is 5.14. The van der Waals surface area contributed by atoms with Crippen molar-refractivity contribution in [2.45, 2.75) is 45.7 Å². The summed E-state index contributed by atoms with van der Waals surface area (Å²) in [4.78, 5) is 4.63. The Labute approximate surface area is 121 Å². The summed E-state index contributed by atoms with van der Waals surface area (Å²) < 4.78 is 0. The van der Waals surface area contributed by atoms with Gasteiger partial charge in [-0.05, 0) is 44.2 Å². The summed E-state index contributed by atoms with van der Waals surface area (Å²) in [5.74, 6) is 0.818. The summed E-state index contributed by atoms with van der Waals surface area (Å²) >= 11 is 0. The van der Waals surface area contributed by atoms with Gasteiger partial charge >= 0.3 is 0 Å². The first-order valence-electron chi connectivity index (χ1n) is 7.12. The molecule has 0 radical (unpaired) electrons. The Kier molecular flexibility index (Phi) is 4.23. The van der Waals surface area contributed by atoms with Gasteiger partial charge in [-0.25, -0.2) is 0 Å². The molecule has 0 unspecified atom stereocenters. The molecule has 0 amide bonds. The second kappa shape index (κ2) is 5.75. The molecule has 4 heteroatoms. The average molecular weight is 272 g/mol. The second-order valence-corrected chi connectivity index (χ2v) is 6.16. The maximum atomic E-state index is 7.40. The standard InChI is InChI=1S/C16H24N4/c1-11-6-16(3,7-11)19-10-14-5-4-12(2)15(20-14)13(8-17)9-18/h4-5,8-9,11,17,19H,6-7,10,18H2,1-3H3/b13-9+,17-8?. The van der Waals surface area contributed by atoms with Crippen LogP contribution in [0.4, 0.5) is 0 Å². The van der Waals surface area contributed by atoms with Crippen LogP contribution in [0.3, 0.4) is 0 Å². The van der Waals surface area contributed by atoms with Gasteiger partial charge < -0.3 is 16.5 Å². The molecule has 4 nitrogen and oxygen atoms in total. The molecule has 0 aromatic carbocycles. The van der Waals surface area contributed by atoms with Gasteiger partial charge in [0.15, 0.2) is 0 Å². The van der Waals surface area contributed by atoms with Crippen LogP contribution in [-0.2, 0) is 6.54 Å². The van der Waals surface area contributed by atoms with Crippen molar-refractivity contribution in [1.29, 1.82) is 5.41 Å². The molecule has 20 heavy (non-hydrogen) atoms. The number of aryl methyl sites for hydroxylation is 1. The summed E-state index contributed by atoms with van der Waals surface area (Å²) in [5.41, 5.74) is 9.30. The fraction of sp³-hybridized carbons (Fsp3) is 0.500. The number of hydrogen-bond acceptors (Lipinski definition) is 4. The number of aromatic nitrogens is 1. The van der Waals surface area contributed by atoms with E-state index in [4.69, 9.17) is 11.1 Å². The largest absolute Gasteiger partial charge is 0.404 e. The number of pyridine rings is 1. The van der Waals surface area contributed by atoms with Crippen molar-refractivity contribution in [2.75, 3.05) is 0 Å². The molecule has 0 aliphatic heterocycles. The molecule has 2 rings (SSSR count). The molecule has 1 heterocycles. The Morgan fingerprint density at radius 3 is 2.80 bits per heavy atom. The number of nitrogens with one attached hydrogen (secondary N) is 2. The van der Waals surface area contributed by atoms with E-state index in [1.54, 1.807) is 0 Å². The first-order chi connectivity index (χ1) is 9.47. The zero-order chi connectivity index (χ0) is 14.8. The highest BCUT2D eigenvalue weighted by Gasteiger charge is 2.36. The molecule has 1 fully saturated rings. The van der Waals surface area contributed by atoms with Gasteiger partial charge in [-0.3, -0.25) is 4.98 Å². The Morgan fingerprint density at radius 1 is 1.55 bits per heavy atom. The predicted octanol–water partition coefficient (Wildman–Crippen LogP) is 2.62. The minimum atomic E-state index is 0.250. The summed E-state index contributed by atoms with van der Waals surface area (Å²) in [6, 6.07) is 4.08. The fourth-order valence-electron chi connectivity index (χ4n) is 3.08. The van der Waals surface area contributed by atoms with Gasteiger partial charge in [0.2, 0.25) is 0 Å². The summed E-state index contributed by atoms with van der Waals surface area (Å²) in [7, 11) is 0. The maximum absolute atomic E-state index is 7.40. The van der Waals surface area contributed by atoms with Gasteiger partial charge in [0.25, 0.3) is 0 Å². The smallest absolute Gasteiger partial charge is 0.0764 e. The van der Waals surface area contributed by atoms with Gasteiger partial charge in [-0.1, -0.05) is 13.0 Å². The van der Waals surface area contributed by atoms with Gasteiger partial charge in [-0.15, -0.1) is 0 Å². The van der Waals surface area contributed by atoms with Gasteiger partial charge in [-0.2, -0.15) is 0 Å². The van der Waals surface area contributed by atoms with Crippen LogP contribution in [0, 0.1) is 18.3 Å². The zero-order valence-corrected chi connectivity index (χ0v) is 12.5. The molecule has 1 aromatic heterocycles. The molecule has 0 atom stereocenters. The van der Waals surface area contributed by atoms with E-state index in [-0.39, 0.29) is 5.54 Å². The third-order valence-electron chi connectivity index (χ3n) is 4.06. The lowest BCUT2D eigenvalue weighted by Crippen LogP contribution is -2.51. The van der Waals surface area contributed by atoms with Crippen LogP contribution >= 0.6 is 0 Å². The van der Waals surface area contributed by atoms with Crippen LogP contribution < -0.4 is 11.1 Å². The number of rotatable bonds is 5. The number of hydrogen-bond donors (Lipinski definition) is 3. The molecule has 4 N–H and O–H groups in total. The second-order valence-electron chi connectivity index (χ2n) is 6.16. The maximum Gasteiger partial charge on any atom is 0.0764 e. The van der Waals surface area contributed by atoms with Crippen molar-refractivity contribution in [3.8, 4) is 0 Å². The van der Waals surface area contributed by atoms with Gasteiger partial charge in [0.05, 0.1) is 11.4 Å². The van der Waals surface area contributed by atoms with E-state index in [2.05, 4.69) is 24.1 Å². The molecule has 0 bridgehead atoms. The first-order valence-corrected chi connectivity index (χ1v) is 7.12. The van der Waals surface area contributed by atoms with Crippen molar-refractivity contribution in [2.24, 2.45) is 11.7 Å². The third-order valence-corrected chi connectivity index (χ3v) is 4.06. The lowest BCUT2D eigenvalue weighted by molar-refractivity contribution is 0.133. The lowest BCUT2D eigenvalue weighted by atomic mass is 9.70. The highest BCUT2D eigenvalue weighted by atomic mass is 15.0. The molecule has 1 aromatic rings. The molecule has 1 aliphatic carbocycles. The normalized spacial score (nSPS) is 26.1.